The first-order chi connectivity index (χ1) is 7.67. The fourth-order valence-electron chi connectivity index (χ4n) is 1.41. The molecule has 0 aliphatic heterocycles. The van der Waals surface area contributed by atoms with E-state index in [1.165, 1.54) is 13.2 Å². The van der Waals surface area contributed by atoms with Crippen LogP contribution in [0.4, 0.5) is 4.39 Å². The largest absolute Gasteiger partial charge is 0.494 e. The molecule has 1 amide bonds. The van der Waals surface area contributed by atoms with E-state index in [0.717, 1.165) is 5.56 Å². The van der Waals surface area contributed by atoms with Crippen LogP contribution in [0, 0.1) is 5.82 Å². The summed E-state index contributed by atoms with van der Waals surface area (Å²) in [6.07, 6.45) is 0.909. The van der Waals surface area contributed by atoms with Gasteiger partial charge in [0.25, 0.3) is 0 Å². The zero-order valence-corrected chi connectivity index (χ0v) is 9.55. The van der Waals surface area contributed by atoms with Crippen molar-refractivity contribution in [2.75, 3.05) is 13.7 Å². The number of carbonyl (C=O) groups is 1. The number of methoxy groups -OCH3 is 1. The highest BCUT2D eigenvalue weighted by Gasteiger charge is 2.05. The quantitative estimate of drug-likeness (QED) is 0.831. The molecule has 0 atom stereocenters. The van der Waals surface area contributed by atoms with Gasteiger partial charge in [-0.2, -0.15) is 0 Å². The Balaban J connectivity index is 2.55. The van der Waals surface area contributed by atoms with Crippen LogP contribution in [-0.2, 0) is 11.2 Å². The highest BCUT2D eigenvalue weighted by molar-refractivity contribution is 5.76. The number of amides is 1. The Morgan fingerprint density at radius 3 is 2.81 bits per heavy atom. The minimum atomic E-state index is -0.393. The van der Waals surface area contributed by atoms with Crippen LogP contribution < -0.4 is 10.1 Å². The Morgan fingerprint density at radius 2 is 2.25 bits per heavy atom. The van der Waals surface area contributed by atoms with Gasteiger partial charge in [0.05, 0.1) is 7.11 Å². The molecule has 1 aromatic carbocycles. The highest BCUT2D eigenvalue weighted by atomic mass is 19.1. The third-order valence-corrected chi connectivity index (χ3v) is 2.23. The van der Waals surface area contributed by atoms with E-state index >= 15 is 0 Å². The third kappa shape index (κ3) is 3.53. The Morgan fingerprint density at radius 1 is 1.50 bits per heavy atom. The SMILES string of the molecule is CCNC(=O)CCc1ccc(OC)c(F)c1. The number of ether oxygens (including phenoxy) is 1. The van der Waals surface area contributed by atoms with Crippen molar-refractivity contribution in [3.8, 4) is 5.75 Å². The molecule has 3 nitrogen and oxygen atoms in total. The second-order valence-corrected chi connectivity index (χ2v) is 3.42. The van der Waals surface area contributed by atoms with E-state index in [4.69, 9.17) is 4.74 Å². The van der Waals surface area contributed by atoms with Crippen LogP contribution in [0.1, 0.15) is 18.9 Å². The molecular formula is C12H16FNO2. The summed E-state index contributed by atoms with van der Waals surface area (Å²) in [6, 6.07) is 4.74. The van der Waals surface area contributed by atoms with Crippen molar-refractivity contribution in [1.82, 2.24) is 5.32 Å². The summed E-state index contributed by atoms with van der Waals surface area (Å²) in [7, 11) is 1.42. The number of hydrogen-bond acceptors (Lipinski definition) is 2. The summed E-state index contributed by atoms with van der Waals surface area (Å²) in [5, 5.41) is 2.70. The number of halogens is 1. The van der Waals surface area contributed by atoms with Gasteiger partial charge < -0.3 is 10.1 Å². The normalized spacial score (nSPS) is 9.94. The van der Waals surface area contributed by atoms with Gasteiger partial charge in [-0.3, -0.25) is 4.79 Å². The fourth-order valence-corrected chi connectivity index (χ4v) is 1.41. The van der Waals surface area contributed by atoms with Gasteiger partial charge in [-0.1, -0.05) is 6.07 Å². The van der Waals surface area contributed by atoms with E-state index in [1.807, 2.05) is 6.92 Å². The van der Waals surface area contributed by atoms with Gasteiger partial charge in [0.2, 0.25) is 5.91 Å². The molecule has 0 fully saturated rings. The van der Waals surface area contributed by atoms with Gasteiger partial charge >= 0.3 is 0 Å². The van der Waals surface area contributed by atoms with E-state index in [0.29, 0.717) is 19.4 Å². The van der Waals surface area contributed by atoms with Crippen LogP contribution in [0.15, 0.2) is 18.2 Å². The number of hydrogen-bond donors (Lipinski definition) is 1. The average molecular weight is 225 g/mol. The smallest absolute Gasteiger partial charge is 0.220 e. The maximum Gasteiger partial charge on any atom is 0.220 e. The van der Waals surface area contributed by atoms with Crippen molar-refractivity contribution < 1.29 is 13.9 Å². The van der Waals surface area contributed by atoms with Gasteiger partial charge in [0.15, 0.2) is 11.6 Å². The van der Waals surface area contributed by atoms with E-state index in [2.05, 4.69) is 5.32 Å². The lowest BCUT2D eigenvalue weighted by Gasteiger charge is -2.05. The lowest BCUT2D eigenvalue weighted by atomic mass is 10.1. The Labute approximate surface area is 94.6 Å². The van der Waals surface area contributed by atoms with E-state index in [1.54, 1.807) is 12.1 Å². The number of rotatable bonds is 5. The molecule has 1 rings (SSSR count). The predicted molar refractivity (Wildman–Crippen MR) is 60.0 cm³/mol. The molecule has 1 N–H and O–H groups in total. The van der Waals surface area contributed by atoms with E-state index in [-0.39, 0.29) is 11.7 Å². The highest BCUT2D eigenvalue weighted by Crippen LogP contribution is 2.18. The van der Waals surface area contributed by atoms with Crippen molar-refractivity contribution in [2.24, 2.45) is 0 Å². The predicted octanol–water partition coefficient (Wildman–Crippen LogP) is 1.90. The first kappa shape index (κ1) is 12.5. The average Bonchev–Trinajstić information content (AvgIpc) is 2.27. The summed E-state index contributed by atoms with van der Waals surface area (Å²) < 4.78 is 18.1. The zero-order chi connectivity index (χ0) is 12.0. The molecule has 1 aromatic rings. The maximum absolute atomic E-state index is 13.3. The Hall–Kier alpha value is -1.58. The minimum absolute atomic E-state index is 0.0151. The first-order valence-electron chi connectivity index (χ1n) is 5.26. The second kappa shape index (κ2) is 6.10. The maximum atomic E-state index is 13.3. The van der Waals surface area contributed by atoms with Crippen LogP contribution in [0.5, 0.6) is 5.75 Å². The summed E-state index contributed by atoms with van der Waals surface area (Å²) >= 11 is 0. The summed E-state index contributed by atoms with van der Waals surface area (Å²) in [4.78, 5) is 11.2. The molecule has 0 spiro atoms. The number of carbonyl (C=O) groups excluding carboxylic acids is 1. The van der Waals surface area contributed by atoms with Gasteiger partial charge in [0, 0.05) is 13.0 Å². The zero-order valence-electron chi connectivity index (χ0n) is 9.55. The molecule has 88 valence electrons. The van der Waals surface area contributed by atoms with Crippen molar-refractivity contribution in [2.45, 2.75) is 19.8 Å². The molecule has 0 bridgehead atoms. The van der Waals surface area contributed by atoms with Crippen LogP contribution >= 0.6 is 0 Å². The summed E-state index contributed by atoms with van der Waals surface area (Å²) in [6.45, 7) is 2.49. The monoisotopic (exact) mass is 225 g/mol. The van der Waals surface area contributed by atoms with Crippen LogP contribution in [0.2, 0.25) is 0 Å². The fraction of sp³-hybridized carbons (Fsp3) is 0.417. The van der Waals surface area contributed by atoms with Gasteiger partial charge in [-0.05, 0) is 31.0 Å². The van der Waals surface area contributed by atoms with E-state index < -0.39 is 5.82 Å². The molecule has 0 heterocycles. The molecule has 0 saturated carbocycles. The van der Waals surface area contributed by atoms with E-state index in [9.17, 15) is 9.18 Å². The first-order valence-corrected chi connectivity index (χ1v) is 5.26. The second-order valence-electron chi connectivity index (χ2n) is 3.42. The molecule has 0 aliphatic carbocycles. The molecule has 4 heteroatoms. The van der Waals surface area contributed by atoms with Crippen molar-refractivity contribution >= 4 is 5.91 Å². The summed E-state index contributed by atoms with van der Waals surface area (Å²) in [5.41, 5.74) is 0.796. The van der Waals surface area contributed by atoms with Gasteiger partial charge in [0.1, 0.15) is 0 Å². The Kier molecular flexibility index (Phi) is 4.76. The topological polar surface area (TPSA) is 38.3 Å². The molecule has 0 aromatic heterocycles. The van der Waals surface area contributed by atoms with Crippen LogP contribution in [0.3, 0.4) is 0 Å². The van der Waals surface area contributed by atoms with Crippen molar-refractivity contribution in [1.29, 1.82) is 0 Å². The molecule has 16 heavy (non-hydrogen) atoms. The van der Waals surface area contributed by atoms with Crippen LogP contribution in [-0.4, -0.2) is 19.6 Å². The lowest BCUT2D eigenvalue weighted by molar-refractivity contribution is -0.120. The van der Waals surface area contributed by atoms with Crippen LogP contribution in [0.25, 0.3) is 0 Å². The third-order valence-electron chi connectivity index (χ3n) is 2.23. The number of aryl methyl sites for hydroxylation is 1. The molecule has 0 saturated heterocycles. The van der Waals surface area contributed by atoms with Gasteiger partial charge in [-0.25, -0.2) is 4.39 Å². The molecule has 0 unspecified atom stereocenters. The lowest BCUT2D eigenvalue weighted by Crippen LogP contribution is -2.22. The Bertz CT molecular complexity index is 366. The van der Waals surface area contributed by atoms with Gasteiger partial charge in [-0.15, -0.1) is 0 Å². The standard InChI is InChI=1S/C12H16FNO2/c1-3-14-12(15)7-5-9-4-6-11(16-2)10(13)8-9/h4,6,8H,3,5,7H2,1-2H3,(H,14,15). The van der Waals surface area contributed by atoms with Crippen molar-refractivity contribution in [3.63, 3.8) is 0 Å². The number of benzene rings is 1. The minimum Gasteiger partial charge on any atom is -0.494 e. The van der Waals surface area contributed by atoms with Crippen molar-refractivity contribution in [3.05, 3.63) is 29.6 Å². The number of nitrogens with one attached hydrogen (secondary N) is 1. The molecule has 0 radical (unpaired) electrons. The molecular weight excluding hydrogens is 209 g/mol. The molecule has 0 aliphatic rings. The summed E-state index contributed by atoms with van der Waals surface area (Å²) in [5.74, 6) is -0.184.